The third kappa shape index (κ3) is 4.47. The number of halogens is 1. The number of aryl methyl sites for hydroxylation is 1. The van der Waals surface area contributed by atoms with Crippen LogP contribution in [0.2, 0.25) is 0 Å². The van der Waals surface area contributed by atoms with Gasteiger partial charge in [0, 0.05) is 34.9 Å². The molecule has 0 heterocycles. The van der Waals surface area contributed by atoms with Gasteiger partial charge in [-0.3, -0.25) is 10.1 Å². The molecular weight excluding hydrogens is 312 g/mol. The summed E-state index contributed by atoms with van der Waals surface area (Å²) in [7, 11) is 0. The lowest BCUT2D eigenvalue weighted by atomic mass is 9.89. The maximum absolute atomic E-state index is 10.8. The molecule has 0 atom stereocenters. The van der Waals surface area contributed by atoms with Gasteiger partial charge in [0.15, 0.2) is 0 Å². The fraction of sp³-hybridized carbons (Fsp3) is 0.538. The molecule has 0 spiro atoms. The number of nitrogens with one attached hydrogen (secondary N) is 1. The Balaban J connectivity index is 2.86. The number of aliphatic hydroxyl groups is 1. The largest absolute Gasteiger partial charge is 0.396 e. The molecule has 19 heavy (non-hydrogen) atoms. The van der Waals surface area contributed by atoms with Gasteiger partial charge in [-0.15, -0.1) is 0 Å². The van der Waals surface area contributed by atoms with Gasteiger partial charge < -0.3 is 10.4 Å². The van der Waals surface area contributed by atoms with E-state index >= 15 is 0 Å². The highest BCUT2D eigenvalue weighted by molar-refractivity contribution is 9.10. The van der Waals surface area contributed by atoms with E-state index < -0.39 is 0 Å². The molecule has 0 aliphatic carbocycles. The molecule has 0 amide bonds. The average Bonchev–Trinajstić information content (AvgIpc) is 2.29. The summed E-state index contributed by atoms with van der Waals surface area (Å²) in [5.74, 6) is 0. The summed E-state index contributed by atoms with van der Waals surface area (Å²) in [6.45, 7) is 6.66. The van der Waals surface area contributed by atoms with Crippen LogP contribution in [0.25, 0.3) is 0 Å². The summed E-state index contributed by atoms with van der Waals surface area (Å²) in [4.78, 5) is 10.4. The Labute approximate surface area is 121 Å². The second kappa shape index (κ2) is 6.34. The molecule has 2 N–H and O–H groups in total. The van der Waals surface area contributed by atoms with E-state index in [9.17, 15) is 10.1 Å². The highest BCUT2D eigenvalue weighted by atomic mass is 79.9. The molecule has 0 saturated carbocycles. The molecular formula is C13H19BrN2O3. The van der Waals surface area contributed by atoms with Crippen LogP contribution in [-0.2, 0) is 0 Å². The lowest BCUT2D eigenvalue weighted by Gasteiger charge is -2.25. The molecule has 0 saturated heterocycles. The van der Waals surface area contributed by atoms with E-state index in [1.54, 1.807) is 13.0 Å². The molecule has 6 heteroatoms. The van der Waals surface area contributed by atoms with Crippen LogP contribution in [-0.4, -0.2) is 23.2 Å². The minimum atomic E-state index is -0.389. The zero-order valence-corrected chi connectivity index (χ0v) is 13.0. The Morgan fingerprint density at radius 2 is 2.11 bits per heavy atom. The number of aliphatic hydroxyl groups excluding tert-OH is 1. The van der Waals surface area contributed by atoms with Crippen molar-refractivity contribution in [1.29, 1.82) is 0 Å². The Morgan fingerprint density at radius 3 is 2.63 bits per heavy atom. The summed E-state index contributed by atoms with van der Waals surface area (Å²) in [6, 6.07) is 3.27. The normalized spacial score (nSPS) is 11.4. The van der Waals surface area contributed by atoms with Crippen molar-refractivity contribution < 1.29 is 10.0 Å². The molecule has 0 aliphatic heterocycles. The molecule has 1 rings (SSSR count). The zero-order chi connectivity index (χ0) is 14.6. The van der Waals surface area contributed by atoms with Gasteiger partial charge in [-0.25, -0.2) is 0 Å². The van der Waals surface area contributed by atoms with Gasteiger partial charge >= 0.3 is 0 Å². The van der Waals surface area contributed by atoms with E-state index in [0.29, 0.717) is 23.0 Å². The van der Waals surface area contributed by atoms with Crippen molar-refractivity contribution in [2.45, 2.75) is 27.2 Å². The van der Waals surface area contributed by atoms with Gasteiger partial charge in [0.2, 0.25) is 0 Å². The number of rotatable bonds is 6. The topological polar surface area (TPSA) is 75.4 Å². The molecule has 5 nitrogen and oxygen atoms in total. The van der Waals surface area contributed by atoms with Crippen molar-refractivity contribution in [1.82, 2.24) is 0 Å². The van der Waals surface area contributed by atoms with E-state index in [4.69, 9.17) is 5.11 Å². The minimum Gasteiger partial charge on any atom is -0.396 e. The molecule has 0 radical (unpaired) electrons. The summed E-state index contributed by atoms with van der Waals surface area (Å²) in [5, 5.41) is 23.1. The Bertz CT molecular complexity index is 475. The lowest BCUT2D eigenvalue weighted by molar-refractivity contribution is -0.385. The van der Waals surface area contributed by atoms with E-state index in [-0.39, 0.29) is 22.6 Å². The van der Waals surface area contributed by atoms with Crippen LogP contribution < -0.4 is 5.32 Å². The first kappa shape index (κ1) is 15.9. The van der Waals surface area contributed by atoms with Crippen molar-refractivity contribution in [3.8, 4) is 0 Å². The summed E-state index contributed by atoms with van der Waals surface area (Å²) in [5.41, 5.74) is 1.51. The molecule has 0 aliphatic rings. The van der Waals surface area contributed by atoms with E-state index in [1.165, 1.54) is 6.07 Å². The standard InChI is InChI=1S/C13H19BrN2O3/c1-9-6-11(10(14)7-12(9)16(18)19)15-8-13(2,3)4-5-17/h6-7,15,17H,4-5,8H2,1-3H3. The third-order valence-electron chi connectivity index (χ3n) is 3.03. The van der Waals surface area contributed by atoms with Crippen molar-refractivity contribution in [3.05, 3.63) is 32.3 Å². The highest BCUT2D eigenvalue weighted by Crippen LogP contribution is 2.31. The molecule has 0 bridgehead atoms. The monoisotopic (exact) mass is 330 g/mol. The number of hydrogen-bond donors (Lipinski definition) is 2. The third-order valence-corrected chi connectivity index (χ3v) is 3.68. The van der Waals surface area contributed by atoms with Crippen molar-refractivity contribution in [3.63, 3.8) is 0 Å². The van der Waals surface area contributed by atoms with Gasteiger partial charge in [-0.05, 0) is 40.8 Å². The van der Waals surface area contributed by atoms with E-state index in [1.807, 2.05) is 0 Å². The number of nitrogens with zero attached hydrogens (tertiary/aromatic N) is 1. The number of hydrogen-bond acceptors (Lipinski definition) is 4. The summed E-state index contributed by atoms with van der Waals surface area (Å²) < 4.78 is 0.671. The smallest absolute Gasteiger partial charge is 0.273 e. The van der Waals surface area contributed by atoms with Crippen molar-refractivity contribution in [2.24, 2.45) is 5.41 Å². The number of nitro benzene ring substituents is 1. The Morgan fingerprint density at radius 1 is 1.47 bits per heavy atom. The summed E-state index contributed by atoms with van der Waals surface area (Å²) >= 11 is 3.34. The van der Waals surface area contributed by atoms with E-state index in [0.717, 1.165) is 5.69 Å². The second-order valence-corrected chi connectivity index (χ2v) is 6.22. The first-order valence-electron chi connectivity index (χ1n) is 6.06. The molecule has 0 aromatic heterocycles. The quantitative estimate of drug-likeness (QED) is 0.618. The molecule has 0 unspecified atom stereocenters. The average molecular weight is 331 g/mol. The van der Waals surface area contributed by atoms with Gasteiger partial charge in [-0.2, -0.15) is 0 Å². The number of nitro groups is 1. The van der Waals surface area contributed by atoms with Gasteiger partial charge in [-0.1, -0.05) is 13.8 Å². The Hall–Kier alpha value is -1.14. The van der Waals surface area contributed by atoms with Crippen LogP contribution in [0.3, 0.4) is 0 Å². The van der Waals surface area contributed by atoms with Crippen LogP contribution in [0, 0.1) is 22.5 Å². The predicted octanol–water partition coefficient (Wildman–Crippen LogP) is 3.49. The van der Waals surface area contributed by atoms with Crippen LogP contribution in [0.5, 0.6) is 0 Å². The molecule has 0 fully saturated rings. The van der Waals surface area contributed by atoms with Crippen molar-refractivity contribution in [2.75, 3.05) is 18.5 Å². The van der Waals surface area contributed by atoms with E-state index in [2.05, 4.69) is 35.1 Å². The maximum atomic E-state index is 10.8. The fourth-order valence-electron chi connectivity index (χ4n) is 1.73. The van der Waals surface area contributed by atoms with Crippen LogP contribution in [0.15, 0.2) is 16.6 Å². The molecule has 106 valence electrons. The van der Waals surface area contributed by atoms with Crippen molar-refractivity contribution >= 4 is 27.3 Å². The predicted molar refractivity (Wildman–Crippen MR) is 79.5 cm³/mol. The Kier molecular flexibility index (Phi) is 5.31. The lowest BCUT2D eigenvalue weighted by Crippen LogP contribution is -2.24. The van der Waals surface area contributed by atoms with Crippen LogP contribution in [0.4, 0.5) is 11.4 Å². The molecule has 1 aromatic carbocycles. The zero-order valence-electron chi connectivity index (χ0n) is 11.4. The first-order valence-corrected chi connectivity index (χ1v) is 6.85. The van der Waals surface area contributed by atoms with Gasteiger partial charge in [0.25, 0.3) is 5.69 Å². The molecule has 1 aromatic rings. The van der Waals surface area contributed by atoms with Crippen LogP contribution >= 0.6 is 15.9 Å². The number of anilines is 1. The highest BCUT2D eigenvalue weighted by Gasteiger charge is 2.19. The van der Waals surface area contributed by atoms with Gasteiger partial charge in [0.1, 0.15) is 0 Å². The maximum Gasteiger partial charge on any atom is 0.273 e. The second-order valence-electron chi connectivity index (χ2n) is 5.37. The fourth-order valence-corrected chi connectivity index (χ4v) is 2.20. The minimum absolute atomic E-state index is 0.0378. The van der Waals surface area contributed by atoms with Crippen LogP contribution in [0.1, 0.15) is 25.8 Å². The summed E-state index contributed by atoms with van der Waals surface area (Å²) in [6.07, 6.45) is 0.698. The number of benzene rings is 1. The SMILES string of the molecule is Cc1cc(NCC(C)(C)CCO)c(Br)cc1[N+](=O)[O-]. The first-order chi connectivity index (χ1) is 8.76. The van der Waals surface area contributed by atoms with Gasteiger partial charge in [0.05, 0.1) is 4.92 Å².